The second-order valence-electron chi connectivity index (χ2n) is 2.87. The molecule has 1 aromatic carbocycles. The summed E-state index contributed by atoms with van der Waals surface area (Å²) in [5.41, 5.74) is 2.09. The van der Waals surface area contributed by atoms with Crippen LogP contribution in [-0.2, 0) is 4.79 Å². The van der Waals surface area contributed by atoms with E-state index in [1.165, 1.54) is 6.08 Å². The Morgan fingerprint density at radius 3 is 2.86 bits per heavy atom. The maximum atomic E-state index is 10.3. The van der Waals surface area contributed by atoms with Gasteiger partial charge in [-0.25, -0.2) is 4.79 Å². The molecule has 0 aromatic heterocycles. The lowest BCUT2D eigenvalue weighted by atomic mass is 10.1. The monoisotopic (exact) mass is 187 g/mol. The largest absolute Gasteiger partial charge is 0.478 e. The second-order valence-corrected chi connectivity index (χ2v) is 2.87. The molecule has 3 nitrogen and oxygen atoms in total. The Hall–Kier alpha value is -2.08. The van der Waals surface area contributed by atoms with Crippen LogP contribution in [-0.4, -0.2) is 11.1 Å². The van der Waals surface area contributed by atoms with Gasteiger partial charge in [-0.05, 0) is 30.2 Å². The van der Waals surface area contributed by atoms with Gasteiger partial charge in [0.15, 0.2) is 0 Å². The number of nitrogens with zero attached hydrogens (tertiary/aromatic N) is 1. The SMILES string of the molecule is Cc1ccc(/C=C/C(=O)O)c(C#N)c1. The fourth-order valence-corrected chi connectivity index (χ4v) is 1.07. The summed E-state index contributed by atoms with van der Waals surface area (Å²) in [4.78, 5) is 10.3. The van der Waals surface area contributed by atoms with E-state index in [9.17, 15) is 4.79 Å². The third kappa shape index (κ3) is 2.46. The highest BCUT2D eigenvalue weighted by Gasteiger charge is 1.98. The third-order valence-electron chi connectivity index (χ3n) is 1.73. The van der Waals surface area contributed by atoms with Crippen LogP contribution in [0.2, 0.25) is 0 Å². The van der Waals surface area contributed by atoms with Crippen molar-refractivity contribution in [1.29, 1.82) is 5.26 Å². The number of nitriles is 1. The van der Waals surface area contributed by atoms with Crippen molar-refractivity contribution < 1.29 is 9.90 Å². The average Bonchev–Trinajstić information content (AvgIpc) is 2.15. The summed E-state index contributed by atoms with van der Waals surface area (Å²) in [6.45, 7) is 1.88. The normalized spacial score (nSPS) is 10.0. The first-order valence-electron chi connectivity index (χ1n) is 4.05. The molecule has 0 aliphatic carbocycles. The Bertz CT molecular complexity index is 427. The van der Waals surface area contributed by atoms with Crippen molar-refractivity contribution in [2.24, 2.45) is 0 Å². The van der Waals surface area contributed by atoms with Crippen molar-refractivity contribution in [2.45, 2.75) is 6.92 Å². The molecule has 0 aliphatic rings. The lowest BCUT2D eigenvalue weighted by Gasteiger charge is -1.98. The van der Waals surface area contributed by atoms with Gasteiger partial charge in [0.05, 0.1) is 11.6 Å². The smallest absolute Gasteiger partial charge is 0.328 e. The minimum Gasteiger partial charge on any atom is -0.478 e. The Morgan fingerprint density at radius 2 is 2.29 bits per heavy atom. The summed E-state index contributed by atoms with van der Waals surface area (Å²) in [6.07, 6.45) is 2.44. The molecule has 0 amide bonds. The predicted molar refractivity (Wildman–Crippen MR) is 52.6 cm³/mol. The summed E-state index contributed by atoms with van der Waals surface area (Å²) in [5, 5.41) is 17.2. The van der Waals surface area contributed by atoms with Crippen LogP contribution in [0.25, 0.3) is 6.08 Å². The first-order chi connectivity index (χ1) is 6.63. The Balaban J connectivity index is 3.10. The highest BCUT2D eigenvalue weighted by molar-refractivity contribution is 5.85. The quantitative estimate of drug-likeness (QED) is 0.720. The van der Waals surface area contributed by atoms with Crippen molar-refractivity contribution in [3.8, 4) is 6.07 Å². The van der Waals surface area contributed by atoms with E-state index >= 15 is 0 Å². The molecular formula is C11H9NO2. The molecule has 0 unspecified atom stereocenters. The van der Waals surface area contributed by atoms with E-state index in [1.54, 1.807) is 12.1 Å². The predicted octanol–water partition coefficient (Wildman–Crippen LogP) is 1.96. The van der Waals surface area contributed by atoms with E-state index in [0.29, 0.717) is 11.1 Å². The fourth-order valence-electron chi connectivity index (χ4n) is 1.07. The van der Waals surface area contributed by atoms with Gasteiger partial charge < -0.3 is 5.11 Å². The zero-order chi connectivity index (χ0) is 10.6. The van der Waals surface area contributed by atoms with Gasteiger partial charge in [-0.1, -0.05) is 12.1 Å². The number of benzene rings is 1. The number of hydrogen-bond donors (Lipinski definition) is 1. The maximum Gasteiger partial charge on any atom is 0.328 e. The molecule has 0 spiro atoms. The molecule has 0 heterocycles. The zero-order valence-electron chi connectivity index (χ0n) is 7.69. The fraction of sp³-hybridized carbons (Fsp3) is 0.0909. The number of carbonyl (C=O) groups is 1. The van der Waals surface area contributed by atoms with Crippen molar-refractivity contribution in [2.75, 3.05) is 0 Å². The first kappa shape index (κ1) is 10.0. The van der Waals surface area contributed by atoms with Gasteiger partial charge in [0.2, 0.25) is 0 Å². The van der Waals surface area contributed by atoms with Gasteiger partial charge in [0.25, 0.3) is 0 Å². The molecule has 1 N–H and O–H groups in total. The van der Waals surface area contributed by atoms with Crippen LogP contribution < -0.4 is 0 Å². The number of hydrogen-bond acceptors (Lipinski definition) is 2. The van der Waals surface area contributed by atoms with Gasteiger partial charge in [-0.2, -0.15) is 5.26 Å². The Kier molecular flexibility index (Phi) is 3.03. The summed E-state index contributed by atoms with van der Waals surface area (Å²) in [7, 11) is 0. The standard InChI is InChI=1S/C11H9NO2/c1-8-2-3-9(4-5-11(13)14)10(6-8)7-12/h2-6H,1H3,(H,13,14)/b5-4+. The van der Waals surface area contributed by atoms with E-state index in [4.69, 9.17) is 10.4 Å². The minimum absolute atomic E-state index is 0.488. The Morgan fingerprint density at radius 1 is 1.57 bits per heavy atom. The van der Waals surface area contributed by atoms with Crippen molar-refractivity contribution in [3.05, 3.63) is 41.0 Å². The van der Waals surface area contributed by atoms with Crippen molar-refractivity contribution in [1.82, 2.24) is 0 Å². The van der Waals surface area contributed by atoms with Crippen LogP contribution in [0.3, 0.4) is 0 Å². The summed E-state index contributed by atoms with van der Waals surface area (Å²) in [6, 6.07) is 7.30. The van der Waals surface area contributed by atoms with Gasteiger partial charge in [0.1, 0.15) is 0 Å². The zero-order valence-corrected chi connectivity index (χ0v) is 7.69. The molecule has 0 bridgehead atoms. The molecule has 70 valence electrons. The van der Waals surface area contributed by atoms with Crippen molar-refractivity contribution in [3.63, 3.8) is 0 Å². The van der Waals surface area contributed by atoms with Crippen LogP contribution in [0.15, 0.2) is 24.3 Å². The molecule has 0 radical (unpaired) electrons. The number of carboxylic acid groups (broad SMARTS) is 1. The van der Waals surface area contributed by atoms with Crippen molar-refractivity contribution >= 4 is 12.0 Å². The van der Waals surface area contributed by atoms with Gasteiger partial charge in [-0.15, -0.1) is 0 Å². The van der Waals surface area contributed by atoms with Crippen LogP contribution in [0.4, 0.5) is 0 Å². The van der Waals surface area contributed by atoms with E-state index in [-0.39, 0.29) is 0 Å². The summed E-state index contributed by atoms with van der Waals surface area (Å²) < 4.78 is 0. The molecule has 1 rings (SSSR count). The summed E-state index contributed by atoms with van der Waals surface area (Å²) >= 11 is 0. The van der Waals surface area contributed by atoms with Gasteiger partial charge >= 0.3 is 5.97 Å². The van der Waals surface area contributed by atoms with Gasteiger partial charge in [-0.3, -0.25) is 0 Å². The maximum absolute atomic E-state index is 10.3. The molecule has 1 aromatic rings. The minimum atomic E-state index is -1.02. The van der Waals surface area contributed by atoms with E-state index in [1.807, 2.05) is 19.1 Å². The van der Waals surface area contributed by atoms with Crippen LogP contribution >= 0.6 is 0 Å². The molecular weight excluding hydrogens is 178 g/mol. The highest BCUT2D eigenvalue weighted by atomic mass is 16.4. The van der Waals surface area contributed by atoms with Crippen LogP contribution in [0.1, 0.15) is 16.7 Å². The number of carboxylic acids is 1. The highest BCUT2D eigenvalue weighted by Crippen LogP contribution is 2.12. The lowest BCUT2D eigenvalue weighted by molar-refractivity contribution is -0.131. The number of aryl methyl sites for hydroxylation is 1. The molecule has 0 atom stereocenters. The second kappa shape index (κ2) is 4.24. The molecule has 0 saturated carbocycles. The van der Waals surface area contributed by atoms with Crippen LogP contribution in [0.5, 0.6) is 0 Å². The van der Waals surface area contributed by atoms with Crippen LogP contribution in [0, 0.1) is 18.3 Å². The van der Waals surface area contributed by atoms with E-state index < -0.39 is 5.97 Å². The molecule has 14 heavy (non-hydrogen) atoms. The molecule has 0 aliphatic heterocycles. The Labute approximate surface area is 81.9 Å². The molecule has 3 heteroatoms. The van der Waals surface area contributed by atoms with Gasteiger partial charge in [0, 0.05) is 6.08 Å². The number of aliphatic carboxylic acids is 1. The average molecular weight is 187 g/mol. The molecule has 0 saturated heterocycles. The first-order valence-corrected chi connectivity index (χ1v) is 4.05. The third-order valence-corrected chi connectivity index (χ3v) is 1.73. The summed E-state index contributed by atoms with van der Waals surface area (Å²) in [5.74, 6) is -1.02. The number of rotatable bonds is 2. The molecule has 0 fully saturated rings. The topological polar surface area (TPSA) is 61.1 Å². The van der Waals surface area contributed by atoms with E-state index in [0.717, 1.165) is 11.6 Å². The van der Waals surface area contributed by atoms with E-state index in [2.05, 4.69) is 0 Å². The lowest BCUT2D eigenvalue weighted by Crippen LogP contribution is -1.88.